The van der Waals surface area contributed by atoms with E-state index >= 15 is 0 Å². The Kier molecular flexibility index (Phi) is 5.55. The van der Waals surface area contributed by atoms with E-state index < -0.39 is 4.92 Å². The Balaban J connectivity index is 1.74. The second-order valence-electron chi connectivity index (χ2n) is 6.83. The van der Waals surface area contributed by atoms with Gasteiger partial charge in [-0.2, -0.15) is 0 Å². The Labute approximate surface area is 181 Å². The molecule has 0 radical (unpaired) electrons. The van der Waals surface area contributed by atoms with E-state index in [0.29, 0.717) is 32.4 Å². The summed E-state index contributed by atoms with van der Waals surface area (Å²) in [5.41, 5.74) is 3.38. The maximum absolute atomic E-state index is 13.4. The number of nitrogens with zero attached hydrogens (tertiary/aromatic N) is 2. The molecule has 0 saturated carbocycles. The smallest absolute Gasteiger partial charge is 0.269 e. The predicted octanol–water partition coefficient (Wildman–Crippen LogP) is 6.09. The zero-order chi connectivity index (χ0) is 22.0. The van der Waals surface area contributed by atoms with Crippen molar-refractivity contribution in [1.29, 1.82) is 0 Å². The Morgan fingerprint density at radius 2 is 1.71 bits per heavy atom. The van der Waals surface area contributed by atoms with Crippen LogP contribution in [0.5, 0.6) is 0 Å². The summed E-state index contributed by atoms with van der Waals surface area (Å²) in [5.74, 6) is -0.665. The molecule has 3 aromatic carbocycles. The van der Waals surface area contributed by atoms with Gasteiger partial charge in [-0.05, 0) is 61.0 Å². The van der Waals surface area contributed by atoms with Crippen molar-refractivity contribution in [2.45, 2.75) is 6.92 Å². The van der Waals surface area contributed by atoms with Crippen molar-refractivity contribution in [2.24, 2.45) is 0 Å². The Hall–Kier alpha value is -3.91. The number of anilines is 1. The molecule has 8 heteroatoms. The van der Waals surface area contributed by atoms with Gasteiger partial charge in [-0.3, -0.25) is 20.2 Å². The van der Waals surface area contributed by atoms with Gasteiger partial charge in [0.15, 0.2) is 5.13 Å². The van der Waals surface area contributed by atoms with Gasteiger partial charge in [0.25, 0.3) is 11.6 Å². The van der Waals surface area contributed by atoms with E-state index in [2.05, 4.69) is 10.3 Å². The number of hydrogen-bond donors (Lipinski definition) is 1. The minimum absolute atomic E-state index is 0.0235. The quantitative estimate of drug-likeness (QED) is 0.305. The fraction of sp³-hybridized carbons (Fsp3) is 0.0435. The van der Waals surface area contributed by atoms with Gasteiger partial charge in [0.2, 0.25) is 0 Å². The predicted molar refractivity (Wildman–Crippen MR) is 119 cm³/mol. The Bertz CT molecular complexity index is 1270. The molecular weight excluding hydrogens is 417 g/mol. The molecule has 0 aliphatic carbocycles. The van der Waals surface area contributed by atoms with Crippen molar-refractivity contribution < 1.29 is 14.1 Å². The molecule has 0 fully saturated rings. The highest BCUT2D eigenvalue weighted by molar-refractivity contribution is 7.19. The molecule has 1 N–H and O–H groups in total. The topological polar surface area (TPSA) is 85.1 Å². The molecule has 31 heavy (non-hydrogen) atoms. The van der Waals surface area contributed by atoms with Crippen LogP contribution in [0.4, 0.5) is 15.2 Å². The van der Waals surface area contributed by atoms with E-state index in [1.54, 1.807) is 42.5 Å². The van der Waals surface area contributed by atoms with Crippen LogP contribution in [-0.4, -0.2) is 15.8 Å². The van der Waals surface area contributed by atoms with Crippen LogP contribution < -0.4 is 5.32 Å². The summed E-state index contributed by atoms with van der Waals surface area (Å²) >= 11 is 1.25. The zero-order valence-electron chi connectivity index (χ0n) is 16.3. The lowest BCUT2D eigenvalue weighted by Gasteiger charge is -2.03. The molecule has 0 unspecified atom stereocenters. The van der Waals surface area contributed by atoms with Gasteiger partial charge >= 0.3 is 0 Å². The highest BCUT2D eigenvalue weighted by Gasteiger charge is 2.18. The number of carbonyl (C=O) groups excluding carboxylic acids is 1. The van der Waals surface area contributed by atoms with Crippen molar-refractivity contribution in [3.63, 3.8) is 0 Å². The largest absolute Gasteiger partial charge is 0.298 e. The number of nitrogens with one attached hydrogen (secondary N) is 1. The standard InChI is InChI=1S/C23H16FN3O3S/c1-14-3-2-4-17(13-14)22(28)26-23-25-20(15-5-9-18(24)10-6-15)21(31-23)16-7-11-19(12-8-16)27(29)30/h2-13H,1H3,(H,25,26,28). The summed E-state index contributed by atoms with van der Waals surface area (Å²) in [6, 6.07) is 19.2. The van der Waals surface area contributed by atoms with Crippen LogP contribution in [-0.2, 0) is 0 Å². The number of aromatic nitrogens is 1. The number of benzene rings is 3. The number of carbonyl (C=O) groups is 1. The van der Waals surface area contributed by atoms with Crippen LogP contribution in [0.1, 0.15) is 15.9 Å². The molecule has 0 aliphatic heterocycles. The molecule has 1 aromatic heterocycles. The average molecular weight is 433 g/mol. The van der Waals surface area contributed by atoms with Crippen molar-refractivity contribution in [3.05, 3.63) is 99.9 Å². The van der Waals surface area contributed by atoms with Crippen molar-refractivity contribution in [1.82, 2.24) is 4.98 Å². The van der Waals surface area contributed by atoms with Crippen LogP contribution >= 0.6 is 11.3 Å². The van der Waals surface area contributed by atoms with Crippen LogP contribution in [0, 0.1) is 22.9 Å². The number of rotatable bonds is 5. The van der Waals surface area contributed by atoms with Crippen LogP contribution in [0.25, 0.3) is 21.7 Å². The first kappa shape index (κ1) is 20.4. The fourth-order valence-electron chi connectivity index (χ4n) is 3.06. The van der Waals surface area contributed by atoms with Gasteiger partial charge in [-0.25, -0.2) is 9.37 Å². The molecule has 0 saturated heterocycles. The van der Waals surface area contributed by atoms with E-state index in [4.69, 9.17) is 0 Å². The highest BCUT2D eigenvalue weighted by Crippen LogP contribution is 2.39. The summed E-state index contributed by atoms with van der Waals surface area (Å²) in [6.07, 6.45) is 0. The SMILES string of the molecule is Cc1cccc(C(=O)Nc2nc(-c3ccc(F)cc3)c(-c3ccc([N+](=O)[O-])cc3)s2)c1. The zero-order valence-corrected chi connectivity index (χ0v) is 17.2. The minimum Gasteiger partial charge on any atom is -0.298 e. The lowest BCUT2D eigenvalue weighted by Crippen LogP contribution is -2.11. The molecule has 0 atom stereocenters. The van der Waals surface area contributed by atoms with Gasteiger partial charge in [0, 0.05) is 23.3 Å². The summed E-state index contributed by atoms with van der Waals surface area (Å²) in [7, 11) is 0. The first-order chi connectivity index (χ1) is 14.9. The molecule has 0 aliphatic rings. The highest BCUT2D eigenvalue weighted by atomic mass is 32.1. The minimum atomic E-state index is -0.467. The van der Waals surface area contributed by atoms with Gasteiger partial charge in [0.05, 0.1) is 15.5 Å². The third-order valence-electron chi connectivity index (χ3n) is 4.59. The van der Waals surface area contributed by atoms with Crippen molar-refractivity contribution in [3.8, 4) is 21.7 Å². The molecule has 1 amide bonds. The number of hydrogen-bond acceptors (Lipinski definition) is 5. The van der Waals surface area contributed by atoms with Crippen LogP contribution in [0.15, 0.2) is 72.8 Å². The van der Waals surface area contributed by atoms with E-state index in [1.165, 1.54) is 35.6 Å². The molecule has 154 valence electrons. The van der Waals surface area contributed by atoms with Gasteiger partial charge < -0.3 is 0 Å². The average Bonchev–Trinajstić information content (AvgIpc) is 3.18. The Morgan fingerprint density at radius 3 is 2.35 bits per heavy atom. The van der Waals surface area contributed by atoms with Crippen LogP contribution in [0.3, 0.4) is 0 Å². The third-order valence-corrected chi connectivity index (χ3v) is 5.61. The van der Waals surface area contributed by atoms with E-state index in [0.717, 1.165) is 5.56 Å². The first-order valence-electron chi connectivity index (χ1n) is 9.30. The number of nitro benzene ring substituents is 1. The monoisotopic (exact) mass is 433 g/mol. The summed E-state index contributed by atoms with van der Waals surface area (Å²) < 4.78 is 13.4. The molecular formula is C23H16FN3O3S. The van der Waals surface area contributed by atoms with E-state index in [1.807, 2.05) is 13.0 Å². The molecule has 0 bridgehead atoms. The maximum Gasteiger partial charge on any atom is 0.269 e. The number of aryl methyl sites for hydroxylation is 1. The summed E-state index contributed by atoms with van der Waals surface area (Å²) in [5, 5.41) is 14.2. The lowest BCUT2D eigenvalue weighted by molar-refractivity contribution is -0.384. The second kappa shape index (κ2) is 8.45. The number of amides is 1. The summed E-state index contributed by atoms with van der Waals surface area (Å²) in [4.78, 5) is 28.4. The van der Waals surface area contributed by atoms with Gasteiger partial charge in [-0.1, -0.05) is 29.0 Å². The molecule has 1 heterocycles. The van der Waals surface area contributed by atoms with Gasteiger partial charge in [-0.15, -0.1) is 0 Å². The molecule has 4 aromatic rings. The number of nitro groups is 1. The molecule has 6 nitrogen and oxygen atoms in total. The van der Waals surface area contributed by atoms with E-state index in [9.17, 15) is 19.3 Å². The van der Waals surface area contributed by atoms with Crippen molar-refractivity contribution >= 4 is 28.1 Å². The van der Waals surface area contributed by atoms with E-state index in [-0.39, 0.29) is 17.4 Å². The first-order valence-corrected chi connectivity index (χ1v) is 10.1. The summed E-state index contributed by atoms with van der Waals surface area (Å²) in [6.45, 7) is 1.90. The normalized spacial score (nSPS) is 10.6. The fourth-order valence-corrected chi connectivity index (χ4v) is 4.05. The third kappa shape index (κ3) is 4.49. The number of halogens is 1. The van der Waals surface area contributed by atoms with Gasteiger partial charge in [0.1, 0.15) is 5.82 Å². The van der Waals surface area contributed by atoms with Crippen molar-refractivity contribution in [2.75, 3.05) is 5.32 Å². The second-order valence-corrected chi connectivity index (χ2v) is 7.83. The maximum atomic E-state index is 13.4. The number of thiazole rings is 1. The number of non-ortho nitro benzene ring substituents is 1. The Morgan fingerprint density at radius 1 is 1.03 bits per heavy atom. The molecule has 4 rings (SSSR count). The van der Waals surface area contributed by atoms with Crippen LogP contribution in [0.2, 0.25) is 0 Å². The lowest BCUT2D eigenvalue weighted by atomic mass is 10.1. The molecule has 0 spiro atoms.